The lowest BCUT2D eigenvalue weighted by Crippen LogP contribution is -2.37. The third kappa shape index (κ3) is 4.27. The van der Waals surface area contributed by atoms with Crippen LogP contribution in [0.15, 0.2) is 20.9 Å². The SMILES string of the molecule is Cc1noc(NS(=O)(=O)c2ccsc2COC(C)[Si](C)(C)C)c1C. The molecule has 0 saturated heterocycles. The molecule has 0 fully saturated rings. The summed E-state index contributed by atoms with van der Waals surface area (Å²) in [4.78, 5) is 0.908. The first-order valence-electron chi connectivity index (χ1n) is 7.66. The molecule has 1 unspecified atom stereocenters. The number of sulfonamides is 1. The second kappa shape index (κ2) is 6.99. The second-order valence-corrected chi connectivity index (χ2v) is 15.1. The number of thiophene rings is 1. The summed E-state index contributed by atoms with van der Waals surface area (Å²) in [5.74, 6) is 0.154. The van der Waals surface area contributed by atoms with Crippen LogP contribution in [0.25, 0.3) is 0 Å². The zero-order valence-corrected chi connectivity index (χ0v) is 17.5. The standard InChI is InChI=1S/C15H24N2O4S2Si/c1-10-11(2)16-21-15(10)17-23(18,19)14-7-8-22-13(14)9-20-12(3)24(4,5)6/h7-8,12,17H,9H2,1-6H3. The highest BCUT2D eigenvalue weighted by Crippen LogP contribution is 2.28. The molecule has 1 N–H and O–H groups in total. The van der Waals surface area contributed by atoms with Crippen LogP contribution >= 0.6 is 11.3 Å². The summed E-state index contributed by atoms with van der Waals surface area (Å²) in [5.41, 5.74) is 1.48. The van der Waals surface area contributed by atoms with Crippen molar-refractivity contribution < 1.29 is 17.7 Å². The molecule has 1 atom stereocenters. The predicted octanol–water partition coefficient (Wildman–Crippen LogP) is 3.94. The van der Waals surface area contributed by atoms with Crippen LogP contribution in [0.5, 0.6) is 0 Å². The molecule has 2 aromatic heterocycles. The van der Waals surface area contributed by atoms with Crippen molar-refractivity contribution in [3.8, 4) is 0 Å². The van der Waals surface area contributed by atoms with Gasteiger partial charge >= 0.3 is 0 Å². The molecule has 134 valence electrons. The Labute approximate surface area is 148 Å². The number of nitrogens with one attached hydrogen (secondary N) is 1. The minimum absolute atomic E-state index is 0.141. The van der Waals surface area contributed by atoms with Crippen LogP contribution < -0.4 is 4.72 Å². The summed E-state index contributed by atoms with van der Waals surface area (Å²) in [6.45, 7) is 12.5. The molecule has 0 aromatic carbocycles. The number of ether oxygens (including phenoxy) is 1. The van der Waals surface area contributed by atoms with E-state index in [2.05, 4.69) is 29.5 Å². The Balaban J connectivity index is 2.17. The molecule has 9 heteroatoms. The van der Waals surface area contributed by atoms with Crippen LogP contribution in [0.4, 0.5) is 5.88 Å². The number of hydrogen-bond acceptors (Lipinski definition) is 6. The van der Waals surface area contributed by atoms with Gasteiger partial charge in [-0.2, -0.15) is 0 Å². The topological polar surface area (TPSA) is 81.4 Å². The molecular weight excluding hydrogens is 364 g/mol. The predicted molar refractivity (Wildman–Crippen MR) is 98.7 cm³/mol. The van der Waals surface area contributed by atoms with E-state index in [0.29, 0.717) is 16.1 Å². The Kier molecular flexibility index (Phi) is 5.58. The molecule has 0 aliphatic rings. The summed E-state index contributed by atoms with van der Waals surface area (Å²) < 4.78 is 38.7. The Morgan fingerprint density at radius 1 is 1.38 bits per heavy atom. The molecule has 0 aliphatic carbocycles. The quantitative estimate of drug-likeness (QED) is 0.727. The van der Waals surface area contributed by atoms with Gasteiger partial charge < -0.3 is 9.26 Å². The highest BCUT2D eigenvalue weighted by molar-refractivity contribution is 7.92. The van der Waals surface area contributed by atoms with Crippen LogP contribution in [0.1, 0.15) is 23.1 Å². The molecule has 0 aliphatic heterocycles. The Morgan fingerprint density at radius 3 is 2.58 bits per heavy atom. The Hall–Kier alpha value is -1.16. The Morgan fingerprint density at radius 2 is 2.04 bits per heavy atom. The number of aromatic nitrogens is 1. The normalized spacial score (nSPS) is 13.9. The fourth-order valence-electron chi connectivity index (χ4n) is 1.81. The molecule has 2 heterocycles. The van der Waals surface area contributed by atoms with Crippen LogP contribution in [0, 0.1) is 13.8 Å². The van der Waals surface area contributed by atoms with Gasteiger partial charge in [0.05, 0.1) is 25.3 Å². The van der Waals surface area contributed by atoms with Crippen molar-refractivity contribution in [3.05, 3.63) is 27.6 Å². The fourth-order valence-corrected chi connectivity index (χ4v) is 4.79. The third-order valence-corrected chi connectivity index (χ3v) is 9.11. The van der Waals surface area contributed by atoms with E-state index in [0.717, 1.165) is 0 Å². The van der Waals surface area contributed by atoms with Gasteiger partial charge in [-0.25, -0.2) is 13.1 Å². The number of rotatable bonds is 7. The van der Waals surface area contributed by atoms with E-state index in [1.54, 1.807) is 25.3 Å². The van der Waals surface area contributed by atoms with Gasteiger partial charge in [0.25, 0.3) is 10.0 Å². The summed E-state index contributed by atoms with van der Waals surface area (Å²) >= 11 is 1.37. The summed E-state index contributed by atoms with van der Waals surface area (Å²) in [7, 11) is -5.16. The minimum atomic E-state index is -3.74. The highest BCUT2D eigenvalue weighted by Gasteiger charge is 2.26. The first-order chi connectivity index (χ1) is 11.0. The molecule has 6 nitrogen and oxygen atoms in total. The van der Waals surface area contributed by atoms with Crippen molar-refractivity contribution in [1.29, 1.82) is 0 Å². The molecule has 2 aromatic rings. The summed E-state index contributed by atoms with van der Waals surface area (Å²) in [5, 5.41) is 5.53. The van der Waals surface area contributed by atoms with Gasteiger partial charge in [-0.05, 0) is 32.2 Å². The molecule has 0 bridgehead atoms. The van der Waals surface area contributed by atoms with Crippen molar-refractivity contribution in [2.45, 2.75) is 57.6 Å². The van der Waals surface area contributed by atoms with Crippen molar-refractivity contribution >= 4 is 35.3 Å². The van der Waals surface area contributed by atoms with E-state index in [9.17, 15) is 8.42 Å². The van der Waals surface area contributed by atoms with Gasteiger partial charge in [-0.3, -0.25) is 0 Å². The van der Waals surface area contributed by atoms with E-state index in [1.165, 1.54) is 11.3 Å². The van der Waals surface area contributed by atoms with E-state index in [1.807, 2.05) is 6.92 Å². The number of hydrogen-bond donors (Lipinski definition) is 1. The average molecular weight is 389 g/mol. The van der Waals surface area contributed by atoms with Crippen LogP contribution in [-0.4, -0.2) is 27.4 Å². The van der Waals surface area contributed by atoms with Crippen LogP contribution in [-0.2, 0) is 21.4 Å². The van der Waals surface area contributed by atoms with Crippen molar-refractivity contribution in [1.82, 2.24) is 5.16 Å². The third-order valence-electron chi connectivity index (χ3n) is 4.06. The van der Waals surface area contributed by atoms with Gasteiger partial charge in [0.15, 0.2) is 0 Å². The molecule has 0 saturated carbocycles. The van der Waals surface area contributed by atoms with Crippen LogP contribution in [0.2, 0.25) is 19.6 Å². The molecule has 24 heavy (non-hydrogen) atoms. The maximum atomic E-state index is 12.6. The molecule has 0 amide bonds. The van der Waals surface area contributed by atoms with Crippen molar-refractivity contribution in [3.63, 3.8) is 0 Å². The lowest BCUT2D eigenvalue weighted by Gasteiger charge is -2.25. The first kappa shape index (κ1) is 19.2. The van der Waals surface area contributed by atoms with Crippen molar-refractivity contribution in [2.24, 2.45) is 0 Å². The lowest BCUT2D eigenvalue weighted by atomic mass is 10.3. The fraction of sp³-hybridized carbons (Fsp3) is 0.533. The van der Waals surface area contributed by atoms with E-state index >= 15 is 0 Å². The van der Waals surface area contributed by atoms with Crippen molar-refractivity contribution in [2.75, 3.05) is 4.72 Å². The van der Waals surface area contributed by atoms with E-state index in [-0.39, 0.29) is 23.1 Å². The maximum Gasteiger partial charge on any atom is 0.265 e. The monoisotopic (exact) mass is 388 g/mol. The number of aryl methyl sites for hydroxylation is 1. The largest absolute Gasteiger partial charge is 0.376 e. The summed E-state index contributed by atoms with van der Waals surface area (Å²) in [6.07, 6.45) is 0. The molecule has 2 rings (SSSR count). The minimum Gasteiger partial charge on any atom is -0.376 e. The van der Waals surface area contributed by atoms with Gasteiger partial charge in [0.2, 0.25) is 5.88 Å². The lowest BCUT2D eigenvalue weighted by molar-refractivity contribution is 0.0984. The smallest absolute Gasteiger partial charge is 0.265 e. The maximum absolute atomic E-state index is 12.6. The molecular formula is C15H24N2O4S2Si. The van der Waals surface area contributed by atoms with Gasteiger partial charge in [0, 0.05) is 11.3 Å². The summed E-state index contributed by atoms with van der Waals surface area (Å²) in [6, 6.07) is 1.59. The van der Waals surface area contributed by atoms with Crippen LogP contribution in [0.3, 0.4) is 0 Å². The van der Waals surface area contributed by atoms with E-state index in [4.69, 9.17) is 9.26 Å². The number of nitrogens with zero attached hydrogens (tertiary/aromatic N) is 1. The van der Waals surface area contributed by atoms with Gasteiger partial charge in [-0.15, -0.1) is 11.3 Å². The first-order valence-corrected chi connectivity index (χ1v) is 13.6. The van der Waals surface area contributed by atoms with Gasteiger partial charge in [0.1, 0.15) is 4.90 Å². The highest BCUT2D eigenvalue weighted by atomic mass is 32.2. The van der Waals surface area contributed by atoms with E-state index < -0.39 is 18.1 Å². The molecule has 0 radical (unpaired) electrons. The zero-order valence-electron chi connectivity index (χ0n) is 14.8. The molecule has 0 spiro atoms. The Bertz CT molecular complexity index is 806. The average Bonchev–Trinajstić information content (AvgIpc) is 3.06. The number of anilines is 1. The second-order valence-electron chi connectivity index (χ2n) is 6.85. The zero-order chi connectivity index (χ0) is 18.1. The van der Waals surface area contributed by atoms with Gasteiger partial charge in [-0.1, -0.05) is 24.8 Å².